The zero-order valence-electron chi connectivity index (χ0n) is 14.4. The Bertz CT molecular complexity index is 527. The molecule has 1 N–H and O–H groups in total. The van der Waals surface area contributed by atoms with Gasteiger partial charge in [0.1, 0.15) is 5.60 Å². The van der Waals surface area contributed by atoms with Gasteiger partial charge in [0.2, 0.25) is 0 Å². The van der Waals surface area contributed by atoms with Crippen LogP contribution < -0.4 is 5.32 Å². The minimum absolute atomic E-state index is 0.204. The number of carbonyl (C=O) groups is 1. The maximum atomic E-state index is 12.3. The van der Waals surface area contributed by atoms with Crippen molar-refractivity contribution in [3.63, 3.8) is 0 Å². The van der Waals surface area contributed by atoms with Crippen LogP contribution in [0.1, 0.15) is 51.5 Å². The van der Waals surface area contributed by atoms with Crippen molar-refractivity contribution < 1.29 is 9.53 Å². The summed E-state index contributed by atoms with van der Waals surface area (Å²) < 4.78 is 5.49. The molecule has 0 aliphatic carbocycles. The summed E-state index contributed by atoms with van der Waals surface area (Å²) in [6.07, 6.45) is 1.82. The number of hydrogen-bond donors (Lipinski definition) is 1. The molecule has 2 heterocycles. The third kappa shape index (κ3) is 5.10. The summed E-state index contributed by atoms with van der Waals surface area (Å²) in [6, 6.07) is 2.15. The van der Waals surface area contributed by atoms with Crippen LogP contribution in [0.3, 0.4) is 0 Å². The first-order valence-corrected chi connectivity index (χ1v) is 9.51. The SMILES string of the molecule is CCCNC(c1sccc1Cl)C1CCN(C(=O)OC(C)(C)C)C1. The zero-order chi connectivity index (χ0) is 17.0. The molecule has 0 saturated carbocycles. The molecule has 2 unspecified atom stereocenters. The van der Waals surface area contributed by atoms with E-state index in [4.69, 9.17) is 16.3 Å². The van der Waals surface area contributed by atoms with Crippen molar-refractivity contribution in [3.8, 4) is 0 Å². The number of nitrogens with one attached hydrogen (secondary N) is 1. The first-order chi connectivity index (χ1) is 10.8. The number of nitrogens with zero attached hydrogens (tertiary/aromatic N) is 1. The fourth-order valence-corrected chi connectivity index (χ4v) is 4.19. The number of thiophene rings is 1. The molecule has 2 atom stereocenters. The van der Waals surface area contributed by atoms with Crippen molar-refractivity contribution in [3.05, 3.63) is 21.3 Å². The number of hydrogen-bond acceptors (Lipinski definition) is 4. The third-order valence-corrected chi connectivity index (χ3v) is 5.33. The minimum Gasteiger partial charge on any atom is -0.444 e. The van der Waals surface area contributed by atoms with Gasteiger partial charge in [-0.2, -0.15) is 0 Å². The Morgan fingerprint density at radius 3 is 2.87 bits per heavy atom. The van der Waals surface area contributed by atoms with Crippen LogP contribution in [0, 0.1) is 5.92 Å². The van der Waals surface area contributed by atoms with Crippen LogP contribution in [-0.2, 0) is 4.74 Å². The maximum absolute atomic E-state index is 12.3. The molecule has 1 aliphatic rings. The van der Waals surface area contributed by atoms with Gasteiger partial charge in [-0.15, -0.1) is 11.3 Å². The van der Waals surface area contributed by atoms with Gasteiger partial charge in [-0.05, 0) is 57.5 Å². The van der Waals surface area contributed by atoms with Gasteiger partial charge in [-0.3, -0.25) is 0 Å². The lowest BCUT2D eigenvalue weighted by molar-refractivity contribution is 0.0285. The lowest BCUT2D eigenvalue weighted by Crippen LogP contribution is -2.36. The van der Waals surface area contributed by atoms with Crippen molar-refractivity contribution in [2.24, 2.45) is 5.92 Å². The second kappa shape index (κ2) is 7.86. The molecule has 0 radical (unpaired) electrons. The molecule has 1 aromatic heterocycles. The number of likely N-dealkylation sites (tertiary alicyclic amines) is 1. The fraction of sp³-hybridized carbons (Fsp3) is 0.706. The molecule has 0 spiro atoms. The highest BCUT2D eigenvalue weighted by molar-refractivity contribution is 7.10. The second-order valence-corrected chi connectivity index (χ2v) is 8.39. The molecule has 1 fully saturated rings. The lowest BCUT2D eigenvalue weighted by atomic mass is 9.97. The van der Waals surface area contributed by atoms with Crippen LogP contribution in [0.5, 0.6) is 0 Å². The van der Waals surface area contributed by atoms with Crippen molar-refractivity contribution >= 4 is 29.0 Å². The fourth-order valence-electron chi connectivity index (χ4n) is 2.85. The van der Waals surface area contributed by atoms with Gasteiger partial charge in [-0.1, -0.05) is 18.5 Å². The van der Waals surface area contributed by atoms with Gasteiger partial charge in [0.05, 0.1) is 5.02 Å². The normalized spacial score (nSPS) is 19.9. The number of rotatable bonds is 5. The summed E-state index contributed by atoms with van der Waals surface area (Å²) in [5, 5.41) is 6.45. The Morgan fingerprint density at radius 1 is 1.57 bits per heavy atom. The lowest BCUT2D eigenvalue weighted by Gasteiger charge is -2.26. The summed E-state index contributed by atoms with van der Waals surface area (Å²) in [5.41, 5.74) is -0.452. The molecule has 1 saturated heterocycles. The Kier molecular flexibility index (Phi) is 6.34. The summed E-state index contributed by atoms with van der Waals surface area (Å²) in [7, 11) is 0. The Hall–Kier alpha value is -0.780. The molecule has 0 aromatic carbocycles. The molecule has 2 rings (SSSR count). The quantitative estimate of drug-likeness (QED) is 0.829. The Morgan fingerprint density at radius 2 is 2.30 bits per heavy atom. The molecule has 6 heteroatoms. The molecule has 23 heavy (non-hydrogen) atoms. The van der Waals surface area contributed by atoms with Crippen molar-refractivity contribution in [1.29, 1.82) is 0 Å². The molecular formula is C17H27ClN2O2S. The average molecular weight is 359 g/mol. The average Bonchev–Trinajstić information content (AvgIpc) is 3.08. The van der Waals surface area contributed by atoms with E-state index in [2.05, 4.69) is 12.2 Å². The molecule has 1 aromatic rings. The first-order valence-electron chi connectivity index (χ1n) is 8.26. The summed E-state index contributed by atoms with van der Waals surface area (Å²) in [5.74, 6) is 0.366. The predicted octanol–water partition coefficient (Wildman–Crippen LogP) is 4.70. The van der Waals surface area contributed by atoms with Crippen molar-refractivity contribution in [2.75, 3.05) is 19.6 Å². The largest absolute Gasteiger partial charge is 0.444 e. The van der Waals surface area contributed by atoms with E-state index in [1.807, 2.05) is 37.1 Å². The molecule has 0 bridgehead atoms. The summed E-state index contributed by atoms with van der Waals surface area (Å²) in [6.45, 7) is 10.3. The topological polar surface area (TPSA) is 41.6 Å². The van der Waals surface area contributed by atoms with Gasteiger partial charge < -0.3 is 15.0 Å². The number of carbonyl (C=O) groups excluding carboxylic acids is 1. The third-order valence-electron chi connectivity index (χ3n) is 3.89. The van der Waals surface area contributed by atoms with E-state index >= 15 is 0 Å². The van der Waals surface area contributed by atoms with Crippen LogP contribution in [0.2, 0.25) is 5.02 Å². The molecule has 1 amide bonds. The molecule has 130 valence electrons. The highest BCUT2D eigenvalue weighted by Crippen LogP contribution is 2.37. The Balaban J connectivity index is 2.04. The smallest absolute Gasteiger partial charge is 0.410 e. The van der Waals surface area contributed by atoms with Crippen LogP contribution in [0.25, 0.3) is 0 Å². The van der Waals surface area contributed by atoms with Gasteiger partial charge in [-0.25, -0.2) is 4.79 Å². The zero-order valence-corrected chi connectivity index (χ0v) is 16.0. The maximum Gasteiger partial charge on any atom is 0.410 e. The van der Waals surface area contributed by atoms with E-state index in [-0.39, 0.29) is 12.1 Å². The summed E-state index contributed by atoms with van der Waals surface area (Å²) >= 11 is 8.03. The number of amides is 1. The molecule has 4 nitrogen and oxygen atoms in total. The van der Waals surface area contributed by atoms with Crippen LogP contribution in [0.15, 0.2) is 11.4 Å². The molecular weight excluding hydrogens is 332 g/mol. The van der Waals surface area contributed by atoms with Crippen molar-refractivity contribution in [2.45, 2.75) is 52.2 Å². The highest BCUT2D eigenvalue weighted by atomic mass is 35.5. The van der Waals surface area contributed by atoms with E-state index in [9.17, 15) is 4.79 Å². The molecule has 1 aliphatic heterocycles. The van der Waals surface area contributed by atoms with Crippen LogP contribution in [0.4, 0.5) is 4.79 Å². The van der Waals surface area contributed by atoms with Crippen molar-refractivity contribution in [1.82, 2.24) is 10.2 Å². The van der Waals surface area contributed by atoms with E-state index in [0.29, 0.717) is 12.5 Å². The monoisotopic (exact) mass is 358 g/mol. The predicted molar refractivity (Wildman–Crippen MR) is 96.3 cm³/mol. The van der Waals surface area contributed by atoms with Gasteiger partial charge in [0.15, 0.2) is 0 Å². The summed E-state index contributed by atoms with van der Waals surface area (Å²) in [4.78, 5) is 15.3. The van der Waals surface area contributed by atoms with E-state index in [1.54, 1.807) is 11.3 Å². The van der Waals surface area contributed by atoms with Crippen LogP contribution in [-0.4, -0.2) is 36.2 Å². The van der Waals surface area contributed by atoms with Gasteiger partial charge >= 0.3 is 6.09 Å². The van der Waals surface area contributed by atoms with E-state index < -0.39 is 5.60 Å². The van der Waals surface area contributed by atoms with Crippen LogP contribution >= 0.6 is 22.9 Å². The van der Waals surface area contributed by atoms with Gasteiger partial charge in [0.25, 0.3) is 0 Å². The van der Waals surface area contributed by atoms with E-state index in [0.717, 1.165) is 31.0 Å². The second-order valence-electron chi connectivity index (χ2n) is 7.04. The highest BCUT2D eigenvalue weighted by Gasteiger charge is 2.35. The van der Waals surface area contributed by atoms with E-state index in [1.165, 1.54) is 4.88 Å². The minimum atomic E-state index is -0.452. The standard InChI is InChI=1S/C17H27ClN2O2S/c1-5-8-19-14(15-13(18)7-10-23-15)12-6-9-20(11-12)16(21)22-17(2,3)4/h7,10,12,14,19H,5-6,8-9,11H2,1-4H3. The number of halogens is 1. The first kappa shape index (κ1) is 18.6. The number of ether oxygens (including phenoxy) is 1. The van der Waals surface area contributed by atoms with Gasteiger partial charge in [0, 0.05) is 24.0 Å². The Labute approximate surface area is 148 Å².